The second kappa shape index (κ2) is 7.53. The fourth-order valence-electron chi connectivity index (χ4n) is 1.42. The molecule has 0 fully saturated rings. The Morgan fingerprint density at radius 1 is 1.38 bits per heavy atom. The van der Waals surface area contributed by atoms with Gasteiger partial charge in [0.15, 0.2) is 6.61 Å². The van der Waals surface area contributed by atoms with Gasteiger partial charge in [0, 0.05) is 11.8 Å². The minimum absolute atomic E-state index is 0.0443. The van der Waals surface area contributed by atoms with E-state index in [2.05, 4.69) is 10.2 Å². The zero-order valence-corrected chi connectivity index (χ0v) is 12.1. The molecule has 2 rings (SSSR count). The second-order valence-corrected chi connectivity index (χ2v) is 4.97. The highest BCUT2D eigenvalue weighted by Crippen LogP contribution is 2.21. The number of aromatic nitrogens is 2. The number of carboxylic acids is 1. The van der Waals surface area contributed by atoms with Crippen molar-refractivity contribution in [1.29, 1.82) is 0 Å². The molecule has 0 radical (unpaired) electrons. The molecular formula is C13H14N2O5S. The fourth-order valence-corrected chi connectivity index (χ4v) is 2.12. The molecule has 1 aromatic heterocycles. The molecular weight excluding hydrogens is 296 g/mol. The van der Waals surface area contributed by atoms with Gasteiger partial charge in [0.05, 0.1) is 13.5 Å². The maximum absolute atomic E-state index is 10.4. The molecule has 8 heteroatoms. The molecule has 1 aromatic carbocycles. The van der Waals surface area contributed by atoms with E-state index in [1.165, 1.54) is 11.8 Å². The molecule has 0 saturated heterocycles. The summed E-state index contributed by atoms with van der Waals surface area (Å²) >= 11 is 1.20. The van der Waals surface area contributed by atoms with Crippen LogP contribution in [0.2, 0.25) is 0 Å². The van der Waals surface area contributed by atoms with Crippen molar-refractivity contribution in [3.63, 3.8) is 0 Å². The number of carboxylic acid groups (broad SMARTS) is 1. The molecule has 1 N–H and O–H groups in total. The van der Waals surface area contributed by atoms with Crippen molar-refractivity contribution in [3.05, 3.63) is 30.2 Å². The zero-order chi connectivity index (χ0) is 15.1. The molecule has 0 unspecified atom stereocenters. The van der Waals surface area contributed by atoms with Crippen LogP contribution in [0.4, 0.5) is 0 Å². The van der Waals surface area contributed by atoms with Crippen LogP contribution in [0.1, 0.15) is 12.3 Å². The average molecular weight is 310 g/mol. The molecule has 0 atom stereocenters. The molecule has 0 aliphatic carbocycles. The number of hydrogen-bond acceptors (Lipinski definition) is 7. The van der Waals surface area contributed by atoms with E-state index in [9.17, 15) is 4.79 Å². The Balaban J connectivity index is 1.83. The molecule has 0 aliphatic heterocycles. The van der Waals surface area contributed by atoms with Gasteiger partial charge in [0.25, 0.3) is 11.1 Å². The van der Waals surface area contributed by atoms with Gasteiger partial charge in [-0.3, -0.25) is 4.79 Å². The first kappa shape index (κ1) is 15.2. The van der Waals surface area contributed by atoms with Gasteiger partial charge >= 0.3 is 5.97 Å². The first-order valence-electron chi connectivity index (χ1n) is 6.11. The summed E-state index contributed by atoms with van der Waals surface area (Å²) in [5.74, 6) is 1.18. The van der Waals surface area contributed by atoms with E-state index >= 15 is 0 Å². The predicted molar refractivity (Wildman–Crippen MR) is 74.6 cm³/mol. The van der Waals surface area contributed by atoms with Crippen LogP contribution in [0.25, 0.3) is 0 Å². The summed E-state index contributed by atoms with van der Waals surface area (Å²) in [5, 5.41) is 16.5. The Bertz CT molecular complexity index is 602. The highest BCUT2D eigenvalue weighted by molar-refractivity contribution is 7.99. The number of ether oxygens (including phenoxy) is 2. The van der Waals surface area contributed by atoms with Crippen LogP contribution < -0.4 is 9.47 Å². The number of benzene rings is 1. The maximum Gasteiger partial charge on any atom is 0.304 e. The quantitative estimate of drug-likeness (QED) is 0.742. The Labute approximate surface area is 125 Å². The van der Waals surface area contributed by atoms with Crippen LogP contribution in [0.3, 0.4) is 0 Å². The predicted octanol–water partition coefficient (Wildman–Crippen LogP) is 2.22. The third-order valence-corrected chi connectivity index (χ3v) is 3.21. The largest absolute Gasteiger partial charge is 0.497 e. The van der Waals surface area contributed by atoms with Crippen LogP contribution in [-0.2, 0) is 11.4 Å². The number of thioether (sulfide) groups is 1. The summed E-state index contributed by atoms with van der Waals surface area (Å²) in [7, 11) is 1.58. The zero-order valence-electron chi connectivity index (χ0n) is 11.3. The number of carbonyl (C=O) groups is 1. The highest BCUT2D eigenvalue weighted by atomic mass is 32.2. The monoisotopic (exact) mass is 310 g/mol. The normalized spacial score (nSPS) is 10.3. The first-order chi connectivity index (χ1) is 10.2. The van der Waals surface area contributed by atoms with Gasteiger partial charge in [-0.15, -0.1) is 10.2 Å². The average Bonchev–Trinajstić information content (AvgIpc) is 2.93. The summed E-state index contributed by atoms with van der Waals surface area (Å²) < 4.78 is 15.9. The Kier molecular flexibility index (Phi) is 5.44. The summed E-state index contributed by atoms with van der Waals surface area (Å²) in [4.78, 5) is 10.4. The molecule has 0 aliphatic rings. The third-order valence-electron chi connectivity index (χ3n) is 2.39. The molecule has 112 valence electrons. The van der Waals surface area contributed by atoms with Crippen LogP contribution in [0, 0.1) is 0 Å². The number of aliphatic carboxylic acids is 1. The number of methoxy groups -OCH3 is 1. The molecule has 0 bridgehead atoms. The summed E-state index contributed by atoms with van der Waals surface area (Å²) in [6.45, 7) is 0.139. The number of nitrogens with zero attached hydrogens (tertiary/aromatic N) is 2. The SMILES string of the molecule is COc1cccc(OCc2nnc(SCCC(=O)O)o2)c1. The van der Waals surface area contributed by atoms with Crippen LogP contribution >= 0.6 is 11.8 Å². The topological polar surface area (TPSA) is 94.7 Å². The van der Waals surface area contributed by atoms with Crippen molar-refractivity contribution in [1.82, 2.24) is 10.2 Å². The lowest BCUT2D eigenvalue weighted by molar-refractivity contribution is -0.136. The standard InChI is InChI=1S/C13H14N2O5S/c1-18-9-3-2-4-10(7-9)19-8-11-14-15-13(20-11)21-6-5-12(16)17/h2-4,7H,5-6,8H2,1H3,(H,16,17). The van der Waals surface area contributed by atoms with Crippen molar-refractivity contribution in [2.45, 2.75) is 18.3 Å². The van der Waals surface area contributed by atoms with E-state index in [0.717, 1.165) is 0 Å². The van der Waals surface area contributed by atoms with E-state index < -0.39 is 5.97 Å². The van der Waals surface area contributed by atoms with E-state index in [0.29, 0.717) is 28.4 Å². The van der Waals surface area contributed by atoms with Gasteiger partial charge in [0.1, 0.15) is 11.5 Å². The maximum atomic E-state index is 10.4. The molecule has 0 amide bonds. The van der Waals surface area contributed by atoms with Crippen molar-refractivity contribution >= 4 is 17.7 Å². The van der Waals surface area contributed by atoms with Crippen LogP contribution in [-0.4, -0.2) is 34.1 Å². The smallest absolute Gasteiger partial charge is 0.304 e. The summed E-state index contributed by atoms with van der Waals surface area (Å²) in [6, 6.07) is 7.17. The minimum Gasteiger partial charge on any atom is -0.497 e. The minimum atomic E-state index is -0.858. The van der Waals surface area contributed by atoms with Crippen molar-refractivity contribution < 1.29 is 23.8 Å². The van der Waals surface area contributed by atoms with Gasteiger partial charge in [0.2, 0.25) is 0 Å². The Morgan fingerprint density at radius 2 is 2.19 bits per heavy atom. The lowest BCUT2D eigenvalue weighted by Gasteiger charge is -2.05. The summed E-state index contributed by atoms with van der Waals surface area (Å²) in [5.41, 5.74) is 0. The Hall–Kier alpha value is -2.22. The lowest BCUT2D eigenvalue weighted by Crippen LogP contribution is -1.96. The second-order valence-electron chi connectivity index (χ2n) is 3.92. The van der Waals surface area contributed by atoms with Gasteiger partial charge in [-0.2, -0.15) is 0 Å². The molecule has 1 heterocycles. The molecule has 0 saturated carbocycles. The molecule has 2 aromatic rings. The molecule has 0 spiro atoms. The fraction of sp³-hybridized carbons (Fsp3) is 0.308. The van der Waals surface area contributed by atoms with Crippen molar-refractivity contribution in [3.8, 4) is 11.5 Å². The van der Waals surface area contributed by atoms with Crippen LogP contribution in [0.5, 0.6) is 11.5 Å². The van der Waals surface area contributed by atoms with Crippen molar-refractivity contribution in [2.75, 3.05) is 12.9 Å². The van der Waals surface area contributed by atoms with Gasteiger partial charge in [-0.25, -0.2) is 0 Å². The van der Waals surface area contributed by atoms with E-state index in [1.54, 1.807) is 19.2 Å². The van der Waals surface area contributed by atoms with Gasteiger partial charge < -0.3 is 19.0 Å². The first-order valence-corrected chi connectivity index (χ1v) is 7.10. The highest BCUT2D eigenvalue weighted by Gasteiger charge is 2.08. The number of rotatable bonds is 8. The molecule has 21 heavy (non-hydrogen) atoms. The van der Waals surface area contributed by atoms with E-state index in [-0.39, 0.29) is 13.0 Å². The third kappa shape index (κ3) is 4.99. The van der Waals surface area contributed by atoms with E-state index in [4.69, 9.17) is 19.0 Å². The van der Waals surface area contributed by atoms with Gasteiger partial charge in [-0.05, 0) is 12.1 Å². The van der Waals surface area contributed by atoms with E-state index in [1.807, 2.05) is 12.1 Å². The number of hydrogen-bond donors (Lipinski definition) is 1. The lowest BCUT2D eigenvalue weighted by atomic mass is 10.3. The van der Waals surface area contributed by atoms with Gasteiger partial charge in [-0.1, -0.05) is 17.8 Å². The Morgan fingerprint density at radius 3 is 2.95 bits per heavy atom. The molecule has 7 nitrogen and oxygen atoms in total. The van der Waals surface area contributed by atoms with Crippen molar-refractivity contribution in [2.24, 2.45) is 0 Å². The summed E-state index contributed by atoms with van der Waals surface area (Å²) in [6.07, 6.45) is 0.0443. The van der Waals surface area contributed by atoms with Crippen LogP contribution in [0.15, 0.2) is 33.9 Å².